The number of nitrogens with zero attached hydrogens (tertiary/aromatic N) is 2. The number of hydrogen-bond donors (Lipinski definition) is 1. The van der Waals surface area contributed by atoms with Crippen LogP contribution in [0.4, 0.5) is 0 Å². The number of hydrogen-bond acceptors (Lipinski definition) is 3. The highest BCUT2D eigenvalue weighted by molar-refractivity contribution is 6.35. The molecule has 1 N–H and O–H groups in total. The van der Waals surface area contributed by atoms with Crippen LogP contribution in [0.15, 0.2) is 48.5 Å². The van der Waals surface area contributed by atoms with Crippen molar-refractivity contribution >= 4 is 35.0 Å². The molecular weight excluding hydrogens is 397 g/mol. The molecule has 0 spiro atoms. The Hall–Kier alpha value is -2.08. The van der Waals surface area contributed by atoms with Gasteiger partial charge in [-0.05, 0) is 36.8 Å². The number of carbonyl (C=O) groups is 2. The van der Waals surface area contributed by atoms with E-state index in [1.54, 1.807) is 12.1 Å². The van der Waals surface area contributed by atoms with Crippen LogP contribution in [0.2, 0.25) is 10.0 Å². The largest absolute Gasteiger partial charge is 0.348 e. The summed E-state index contributed by atoms with van der Waals surface area (Å²) in [5, 5.41) is 4.08. The van der Waals surface area contributed by atoms with Gasteiger partial charge in [-0.2, -0.15) is 0 Å². The highest BCUT2D eigenvalue weighted by Gasteiger charge is 2.23. The molecule has 148 valence electrons. The van der Waals surface area contributed by atoms with Crippen LogP contribution >= 0.6 is 23.2 Å². The summed E-state index contributed by atoms with van der Waals surface area (Å²) < 4.78 is 0. The van der Waals surface area contributed by atoms with Crippen molar-refractivity contribution in [1.82, 2.24) is 15.1 Å². The minimum Gasteiger partial charge on any atom is -0.348 e. The average Bonchev–Trinajstić information content (AvgIpc) is 2.68. The van der Waals surface area contributed by atoms with Gasteiger partial charge < -0.3 is 10.2 Å². The maximum absolute atomic E-state index is 12.5. The molecular formula is C21H23Cl2N3O2. The molecule has 1 unspecified atom stereocenters. The van der Waals surface area contributed by atoms with E-state index in [0.29, 0.717) is 48.3 Å². The summed E-state index contributed by atoms with van der Waals surface area (Å²) in [6, 6.07) is 14.3. The first kappa shape index (κ1) is 20.6. The summed E-state index contributed by atoms with van der Waals surface area (Å²) in [6.07, 6.45) is 0. The fourth-order valence-corrected chi connectivity index (χ4v) is 3.87. The molecule has 2 amide bonds. The van der Waals surface area contributed by atoms with Crippen molar-refractivity contribution in [2.45, 2.75) is 13.0 Å². The Morgan fingerprint density at radius 3 is 2.36 bits per heavy atom. The molecule has 1 aliphatic heterocycles. The van der Waals surface area contributed by atoms with Gasteiger partial charge in [0.1, 0.15) is 0 Å². The van der Waals surface area contributed by atoms with Gasteiger partial charge in [-0.25, -0.2) is 0 Å². The van der Waals surface area contributed by atoms with Gasteiger partial charge in [-0.15, -0.1) is 0 Å². The highest BCUT2D eigenvalue weighted by atomic mass is 35.5. The van der Waals surface area contributed by atoms with E-state index < -0.39 is 0 Å². The fourth-order valence-electron chi connectivity index (χ4n) is 3.29. The first-order chi connectivity index (χ1) is 13.4. The molecule has 7 heteroatoms. The second-order valence-electron chi connectivity index (χ2n) is 6.89. The van der Waals surface area contributed by atoms with Gasteiger partial charge in [-0.3, -0.25) is 14.5 Å². The third kappa shape index (κ3) is 5.25. The first-order valence-corrected chi connectivity index (χ1v) is 10.0. The SMILES string of the molecule is CC(NC(=O)CN1CCN(C(=O)c2ccccc2)CC1)c1ccc(Cl)cc1Cl. The monoisotopic (exact) mass is 419 g/mol. The summed E-state index contributed by atoms with van der Waals surface area (Å²) in [5.41, 5.74) is 1.53. The maximum Gasteiger partial charge on any atom is 0.253 e. The molecule has 5 nitrogen and oxygen atoms in total. The van der Waals surface area contributed by atoms with Crippen molar-refractivity contribution in [3.63, 3.8) is 0 Å². The Balaban J connectivity index is 1.48. The van der Waals surface area contributed by atoms with E-state index in [9.17, 15) is 9.59 Å². The van der Waals surface area contributed by atoms with Crippen molar-refractivity contribution in [1.29, 1.82) is 0 Å². The lowest BCUT2D eigenvalue weighted by Gasteiger charge is -2.34. The van der Waals surface area contributed by atoms with Crippen LogP contribution < -0.4 is 5.32 Å². The summed E-state index contributed by atoms with van der Waals surface area (Å²) in [6.45, 7) is 4.75. The van der Waals surface area contributed by atoms with Crippen LogP contribution in [-0.4, -0.2) is 54.3 Å². The quantitative estimate of drug-likeness (QED) is 0.804. The van der Waals surface area contributed by atoms with Crippen molar-refractivity contribution in [3.8, 4) is 0 Å². The number of rotatable bonds is 5. The third-order valence-electron chi connectivity index (χ3n) is 4.85. The number of carbonyl (C=O) groups excluding carboxylic acids is 2. The molecule has 0 aliphatic carbocycles. The van der Waals surface area contributed by atoms with E-state index in [-0.39, 0.29) is 17.9 Å². The van der Waals surface area contributed by atoms with Crippen LogP contribution in [0.25, 0.3) is 0 Å². The summed E-state index contributed by atoms with van der Waals surface area (Å²) in [7, 11) is 0. The van der Waals surface area contributed by atoms with Crippen molar-refractivity contribution in [2.75, 3.05) is 32.7 Å². The van der Waals surface area contributed by atoms with Gasteiger partial charge in [0.2, 0.25) is 5.91 Å². The smallest absolute Gasteiger partial charge is 0.253 e. The molecule has 0 saturated carbocycles. The number of piperazine rings is 1. The second-order valence-corrected chi connectivity index (χ2v) is 7.73. The molecule has 1 atom stereocenters. The van der Waals surface area contributed by atoms with Crippen LogP contribution in [0.1, 0.15) is 28.9 Å². The molecule has 0 aromatic heterocycles. The number of benzene rings is 2. The van der Waals surface area contributed by atoms with E-state index in [2.05, 4.69) is 10.2 Å². The minimum atomic E-state index is -0.210. The highest BCUT2D eigenvalue weighted by Crippen LogP contribution is 2.26. The van der Waals surface area contributed by atoms with Crippen molar-refractivity contribution in [3.05, 3.63) is 69.7 Å². The van der Waals surface area contributed by atoms with E-state index >= 15 is 0 Å². The van der Waals surface area contributed by atoms with E-state index in [0.717, 1.165) is 5.56 Å². The van der Waals surface area contributed by atoms with Crippen LogP contribution in [-0.2, 0) is 4.79 Å². The van der Waals surface area contributed by atoms with Gasteiger partial charge in [0.15, 0.2) is 0 Å². The normalized spacial score (nSPS) is 15.9. The summed E-state index contributed by atoms with van der Waals surface area (Å²) in [4.78, 5) is 28.8. The van der Waals surface area contributed by atoms with Gasteiger partial charge in [0.05, 0.1) is 12.6 Å². The Kier molecular flexibility index (Phi) is 6.94. The number of halogens is 2. The predicted molar refractivity (Wildman–Crippen MR) is 112 cm³/mol. The van der Waals surface area contributed by atoms with Gasteiger partial charge >= 0.3 is 0 Å². The van der Waals surface area contributed by atoms with Gasteiger partial charge in [-0.1, -0.05) is 47.5 Å². The lowest BCUT2D eigenvalue weighted by Crippen LogP contribution is -2.51. The van der Waals surface area contributed by atoms with Gasteiger partial charge in [0.25, 0.3) is 5.91 Å². The molecule has 1 saturated heterocycles. The van der Waals surface area contributed by atoms with Crippen molar-refractivity contribution < 1.29 is 9.59 Å². The van der Waals surface area contributed by atoms with E-state index in [1.807, 2.05) is 48.2 Å². The number of amides is 2. The second kappa shape index (κ2) is 9.41. The zero-order valence-electron chi connectivity index (χ0n) is 15.7. The molecule has 1 fully saturated rings. The summed E-state index contributed by atoms with van der Waals surface area (Å²) >= 11 is 12.1. The van der Waals surface area contributed by atoms with Crippen molar-refractivity contribution in [2.24, 2.45) is 0 Å². The first-order valence-electron chi connectivity index (χ1n) is 9.25. The van der Waals surface area contributed by atoms with Gasteiger partial charge in [0, 0.05) is 41.8 Å². The zero-order chi connectivity index (χ0) is 20.1. The zero-order valence-corrected chi connectivity index (χ0v) is 17.2. The lowest BCUT2D eigenvalue weighted by atomic mass is 10.1. The Morgan fingerprint density at radius 1 is 1.04 bits per heavy atom. The molecule has 0 bridgehead atoms. The van der Waals surface area contributed by atoms with E-state index in [4.69, 9.17) is 23.2 Å². The molecule has 1 heterocycles. The summed E-state index contributed by atoms with van der Waals surface area (Å²) in [5.74, 6) is -0.0305. The topological polar surface area (TPSA) is 52.7 Å². The molecule has 28 heavy (non-hydrogen) atoms. The lowest BCUT2D eigenvalue weighted by molar-refractivity contribution is -0.123. The molecule has 1 aliphatic rings. The predicted octanol–water partition coefficient (Wildman–Crippen LogP) is 3.63. The van der Waals surface area contributed by atoms with Crippen LogP contribution in [0, 0.1) is 0 Å². The Labute approximate surface area is 175 Å². The number of nitrogens with one attached hydrogen (secondary N) is 1. The Morgan fingerprint density at radius 2 is 1.71 bits per heavy atom. The molecule has 3 rings (SSSR count). The average molecular weight is 420 g/mol. The Bertz CT molecular complexity index is 837. The van der Waals surface area contributed by atoms with Crippen LogP contribution in [0.3, 0.4) is 0 Å². The molecule has 2 aromatic carbocycles. The maximum atomic E-state index is 12.5. The van der Waals surface area contributed by atoms with Crippen LogP contribution in [0.5, 0.6) is 0 Å². The molecule has 2 aromatic rings. The minimum absolute atomic E-state index is 0.0377. The molecule has 0 radical (unpaired) electrons. The standard InChI is InChI=1S/C21H23Cl2N3O2/c1-15(18-8-7-17(22)13-19(18)23)24-20(27)14-25-9-11-26(12-10-25)21(28)16-5-3-2-4-6-16/h2-8,13,15H,9-12,14H2,1H3,(H,24,27). The van der Waals surface area contributed by atoms with E-state index in [1.165, 1.54) is 0 Å². The fraction of sp³-hybridized carbons (Fsp3) is 0.333. The third-order valence-corrected chi connectivity index (χ3v) is 5.42.